The lowest BCUT2D eigenvalue weighted by Gasteiger charge is -2.39. The zero-order valence-corrected chi connectivity index (χ0v) is 12.2. The molecule has 4 heteroatoms. The van der Waals surface area contributed by atoms with Crippen LogP contribution in [0.3, 0.4) is 0 Å². The number of benzene rings is 2. The summed E-state index contributed by atoms with van der Waals surface area (Å²) in [6.45, 7) is 0. The predicted molar refractivity (Wildman–Crippen MR) is 80.5 cm³/mol. The van der Waals surface area contributed by atoms with Crippen molar-refractivity contribution in [1.82, 2.24) is 0 Å². The summed E-state index contributed by atoms with van der Waals surface area (Å²) in [5, 5.41) is 10.4. The zero-order chi connectivity index (χ0) is 15.3. The van der Waals surface area contributed by atoms with E-state index in [1.165, 1.54) is 11.1 Å². The number of ether oxygens (including phenoxy) is 2. The molecule has 0 fully saturated rings. The van der Waals surface area contributed by atoms with Gasteiger partial charge in [0.2, 0.25) is 0 Å². The normalized spacial score (nSPS) is 21.7. The quantitative estimate of drug-likeness (QED) is 0.865. The van der Waals surface area contributed by atoms with E-state index in [4.69, 9.17) is 9.47 Å². The molecule has 2 heterocycles. The molecular weight excluding hydrogens is 280 g/mol. The highest BCUT2D eigenvalue weighted by Crippen LogP contribution is 2.50. The van der Waals surface area contributed by atoms with Crippen LogP contribution in [0, 0.1) is 0 Å². The Labute approximate surface area is 128 Å². The predicted octanol–water partition coefficient (Wildman–Crippen LogP) is 3.12. The van der Waals surface area contributed by atoms with Gasteiger partial charge >= 0.3 is 0 Å². The summed E-state index contributed by atoms with van der Waals surface area (Å²) >= 11 is 0. The third kappa shape index (κ3) is 1.77. The Kier molecular flexibility index (Phi) is 2.94. The van der Waals surface area contributed by atoms with Gasteiger partial charge in [-0.15, -0.1) is 0 Å². The highest BCUT2D eigenvalue weighted by atomic mass is 16.5. The van der Waals surface area contributed by atoms with Crippen LogP contribution in [0.5, 0.6) is 11.5 Å². The lowest BCUT2D eigenvalue weighted by molar-refractivity contribution is -0.0409. The second-order valence-corrected chi connectivity index (χ2v) is 5.75. The van der Waals surface area contributed by atoms with Gasteiger partial charge in [-0.1, -0.05) is 24.3 Å². The zero-order valence-electron chi connectivity index (χ0n) is 12.2. The van der Waals surface area contributed by atoms with Crippen LogP contribution < -0.4 is 4.74 Å². The topological polar surface area (TPSA) is 55.8 Å². The highest BCUT2D eigenvalue weighted by Gasteiger charge is 2.38. The van der Waals surface area contributed by atoms with Crippen LogP contribution in [0.1, 0.15) is 44.8 Å². The third-order valence-corrected chi connectivity index (χ3v) is 4.63. The molecule has 0 aliphatic carbocycles. The summed E-state index contributed by atoms with van der Waals surface area (Å²) in [6, 6.07) is 9.81. The van der Waals surface area contributed by atoms with E-state index < -0.39 is 0 Å². The maximum Gasteiger partial charge on any atom is 0.153 e. The Hall–Kier alpha value is -2.33. The summed E-state index contributed by atoms with van der Waals surface area (Å²) < 4.78 is 11.6. The number of hydrogen-bond acceptors (Lipinski definition) is 4. The van der Waals surface area contributed by atoms with Gasteiger partial charge in [-0.3, -0.25) is 4.79 Å². The molecule has 22 heavy (non-hydrogen) atoms. The first-order valence-corrected chi connectivity index (χ1v) is 7.34. The number of aldehydes is 1. The smallest absolute Gasteiger partial charge is 0.153 e. The van der Waals surface area contributed by atoms with Crippen LogP contribution in [0.25, 0.3) is 0 Å². The molecule has 2 aliphatic heterocycles. The SMILES string of the molecule is COc1cc(C=O)c(O)c2c1[C@H]1Cc3ccccc3[C@@H](C2)O1. The van der Waals surface area contributed by atoms with Crippen molar-refractivity contribution >= 4 is 6.29 Å². The van der Waals surface area contributed by atoms with Crippen LogP contribution in [0.4, 0.5) is 0 Å². The molecule has 2 aliphatic rings. The second-order valence-electron chi connectivity index (χ2n) is 5.75. The van der Waals surface area contributed by atoms with Gasteiger partial charge in [0, 0.05) is 24.0 Å². The first-order chi connectivity index (χ1) is 10.7. The Morgan fingerprint density at radius 1 is 1.27 bits per heavy atom. The summed E-state index contributed by atoms with van der Waals surface area (Å²) in [4.78, 5) is 11.2. The number of fused-ring (bicyclic) bond motifs is 6. The van der Waals surface area contributed by atoms with E-state index in [1.54, 1.807) is 13.2 Å². The van der Waals surface area contributed by atoms with Gasteiger partial charge in [0.05, 0.1) is 24.9 Å². The van der Waals surface area contributed by atoms with E-state index >= 15 is 0 Å². The molecule has 112 valence electrons. The molecule has 0 saturated heterocycles. The standard InChI is InChI=1S/C18H16O4/c1-21-15-7-11(9-19)18(20)13-8-14-12-5-3-2-4-10(12)6-16(22-14)17(13)15/h2-5,7,9,14,16,20H,6,8H2,1H3/t14-,16-/m1/s1. The van der Waals surface area contributed by atoms with Gasteiger partial charge in [-0.25, -0.2) is 0 Å². The minimum absolute atomic E-state index is 0.0588. The summed E-state index contributed by atoms with van der Waals surface area (Å²) in [7, 11) is 1.57. The van der Waals surface area contributed by atoms with Crippen molar-refractivity contribution in [1.29, 1.82) is 0 Å². The molecule has 4 nitrogen and oxygen atoms in total. The molecule has 2 aromatic rings. The minimum Gasteiger partial charge on any atom is -0.507 e. The second kappa shape index (κ2) is 4.85. The number of hydrogen-bond donors (Lipinski definition) is 1. The van der Waals surface area contributed by atoms with E-state index in [0.29, 0.717) is 18.5 Å². The molecule has 0 unspecified atom stereocenters. The van der Waals surface area contributed by atoms with Crippen molar-refractivity contribution in [3.63, 3.8) is 0 Å². The molecule has 2 bridgehead atoms. The summed E-state index contributed by atoms with van der Waals surface area (Å²) in [5.41, 5.74) is 4.35. The summed E-state index contributed by atoms with van der Waals surface area (Å²) in [5.74, 6) is 0.668. The van der Waals surface area contributed by atoms with Crippen molar-refractivity contribution in [2.24, 2.45) is 0 Å². The van der Waals surface area contributed by atoms with Crippen LogP contribution in [-0.2, 0) is 17.6 Å². The number of carbonyl (C=O) groups is 1. The van der Waals surface area contributed by atoms with Crippen LogP contribution in [0.2, 0.25) is 0 Å². The fraction of sp³-hybridized carbons (Fsp3) is 0.278. The molecule has 4 rings (SSSR count). The Balaban J connectivity index is 1.91. The molecule has 0 radical (unpaired) electrons. The molecule has 0 spiro atoms. The van der Waals surface area contributed by atoms with Crippen LogP contribution in [-0.4, -0.2) is 18.5 Å². The van der Waals surface area contributed by atoms with E-state index in [0.717, 1.165) is 17.5 Å². The molecule has 0 saturated carbocycles. The first-order valence-electron chi connectivity index (χ1n) is 7.34. The lowest BCUT2D eigenvalue weighted by Crippen LogP contribution is -2.28. The van der Waals surface area contributed by atoms with E-state index in [-0.39, 0.29) is 23.5 Å². The van der Waals surface area contributed by atoms with E-state index in [1.807, 2.05) is 12.1 Å². The number of methoxy groups -OCH3 is 1. The molecule has 1 N–H and O–H groups in total. The largest absolute Gasteiger partial charge is 0.507 e. The van der Waals surface area contributed by atoms with Crippen molar-refractivity contribution in [2.75, 3.05) is 7.11 Å². The fourth-order valence-electron chi connectivity index (χ4n) is 3.62. The van der Waals surface area contributed by atoms with Gasteiger partial charge in [0.1, 0.15) is 11.5 Å². The van der Waals surface area contributed by atoms with Gasteiger partial charge < -0.3 is 14.6 Å². The van der Waals surface area contributed by atoms with Crippen molar-refractivity contribution in [3.05, 3.63) is 58.1 Å². The number of rotatable bonds is 2. The molecular formula is C18H16O4. The van der Waals surface area contributed by atoms with E-state index in [2.05, 4.69) is 12.1 Å². The number of phenols is 1. The minimum atomic E-state index is -0.148. The summed E-state index contributed by atoms with van der Waals surface area (Å²) in [6.07, 6.45) is 1.73. The third-order valence-electron chi connectivity index (χ3n) is 4.63. The Bertz CT molecular complexity index is 766. The number of carbonyl (C=O) groups excluding carboxylic acids is 1. The van der Waals surface area contributed by atoms with Crippen LogP contribution >= 0.6 is 0 Å². The Morgan fingerprint density at radius 2 is 2.09 bits per heavy atom. The van der Waals surface area contributed by atoms with Gasteiger partial charge in [0.15, 0.2) is 6.29 Å². The maximum absolute atomic E-state index is 11.2. The van der Waals surface area contributed by atoms with Crippen LogP contribution in [0.15, 0.2) is 30.3 Å². The fourth-order valence-corrected chi connectivity index (χ4v) is 3.62. The van der Waals surface area contributed by atoms with Gasteiger partial charge in [-0.2, -0.15) is 0 Å². The lowest BCUT2D eigenvalue weighted by atomic mass is 9.81. The monoisotopic (exact) mass is 296 g/mol. The molecule has 2 aromatic carbocycles. The highest BCUT2D eigenvalue weighted by molar-refractivity contribution is 5.82. The molecule has 2 atom stereocenters. The van der Waals surface area contributed by atoms with Gasteiger partial charge in [-0.05, 0) is 17.2 Å². The molecule has 0 aromatic heterocycles. The average molecular weight is 296 g/mol. The van der Waals surface area contributed by atoms with Crippen molar-refractivity contribution in [2.45, 2.75) is 25.0 Å². The van der Waals surface area contributed by atoms with E-state index in [9.17, 15) is 9.90 Å². The van der Waals surface area contributed by atoms with Crippen molar-refractivity contribution in [3.8, 4) is 11.5 Å². The van der Waals surface area contributed by atoms with Gasteiger partial charge in [0.25, 0.3) is 0 Å². The van der Waals surface area contributed by atoms with Crippen molar-refractivity contribution < 1.29 is 19.4 Å². The number of aromatic hydroxyl groups is 1. The first kappa shape index (κ1) is 13.3. The maximum atomic E-state index is 11.2. The average Bonchev–Trinajstić information content (AvgIpc) is 2.56. The molecule has 0 amide bonds. The Morgan fingerprint density at radius 3 is 2.86 bits per heavy atom. The number of phenolic OH excluding ortho intramolecular Hbond substituents is 1.